The zero-order valence-electron chi connectivity index (χ0n) is 18.1. The number of para-hydroxylation sites is 1. The molecule has 6 heteroatoms. The van der Waals surface area contributed by atoms with Gasteiger partial charge in [0.25, 0.3) is 5.91 Å². The number of thiocarbonyl (C=S) groups is 1. The molecule has 4 nitrogen and oxygen atoms in total. The molecule has 0 aliphatic carbocycles. The van der Waals surface area contributed by atoms with Gasteiger partial charge in [0.1, 0.15) is 4.32 Å². The Morgan fingerprint density at radius 3 is 2.69 bits per heavy atom. The maximum absolute atomic E-state index is 12.9. The Morgan fingerprint density at radius 2 is 1.88 bits per heavy atom. The summed E-state index contributed by atoms with van der Waals surface area (Å²) in [5, 5.41) is 0. The molecule has 0 N–H and O–H groups in total. The van der Waals surface area contributed by atoms with E-state index in [4.69, 9.17) is 12.2 Å². The van der Waals surface area contributed by atoms with Crippen LogP contribution in [0.2, 0.25) is 0 Å². The van der Waals surface area contributed by atoms with Crippen molar-refractivity contribution in [3.05, 3.63) is 82.3 Å². The molecule has 0 saturated carbocycles. The Labute approximate surface area is 199 Å². The molecule has 2 aromatic carbocycles. The van der Waals surface area contributed by atoms with Gasteiger partial charge in [0.05, 0.1) is 4.91 Å². The molecule has 2 amide bonds. The highest BCUT2D eigenvalue weighted by molar-refractivity contribution is 8.26. The summed E-state index contributed by atoms with van der Waals surface area (Å²) in [5.74, 6) is 0.0383. The second-order valence-corrected chi connectivity index (χ2v) is 9.69. The van der Waals surface area contributed by atoms with Crippen molar-refractivity contribution in [3.8, 4) is 0 Å². The standard InChI is InChI=1S/C26H26N2O2S2/c1-19(17-20-9-3-2-4-10-20)18-23-25(30)28(26(31)32-23)16-8-14-24(29)27-15-7-12-21-11-5-6-13-22(21)27/h2-6,9-11,13,17-18H,7-8,12,14-16H2,1H3/b19-17+,23-18-. The summed E-state index contributed by atoms with van der Waals surface area (Å²) in [4.78, 5) is 29.9. The van der Waals surface area contributed by atoms with Crippen molar-refractivity contribution in [1.82, 2.24) is 4.90 Å². The first-order chi connectivity index (χ1) is 15.5. The first kappa shape index (κ1) is 22.5. The molecule has 32 heavy (non-hydrogen) atoms. The summed E-state index contributed by atoms with van der Waals surface area (Å²) < 4.78 is 0.560. The largest absolute Gasteiger partial charge is 0.312 e. The number of benzene rings is 2. The minimum absolute atomic E-state index is 0.0726. The van der Waals surface area contributed by atoms with Crippen molar-refractivity contribution in [1.29, 1.82) is 0 Å². The molecule has 0 bridgehead atoms. The second kappa shape index (κ2) is 10.3. The fourth-order valence-electron chi connectivity index (χ4n) is 4.07. The molecule has 0 atom stereocenters. The summed E-state index contributed by atoms with van der Waals surface area (Å²) in [6.45, 7) is 3.20. The first-order valence-electron chi connectivity index (χ1n) is 10.9. The van der Waals surface area contributed by atoms with Gasteiger partial charge in [-0.3, -0.25) is 14.5 Å². The fourth-order valence-corrected chi connectivity index (χ4v) is 5.43. The Kier molecular flexibility index (Phi) is 7.22. The van der Waals surface area contributed by atoms with Crippen molar-refractivity contribution >= 4 is 51.9 Å². The van der Waals surface area contributed by atoms with E-state index >= 15 is 0 Å². The molecule has 1 saturated heterocycles. The Hall–Kier alpha value is -2.70. The molecular formula is C26H26N2O2S2. The number of aryl methyl sites for hydroxylation is 1. The van der Waals surface area contributed by atoms with Crippen molar-refractivity contribution < 1.29 is 9.59 Å². The van der Waals surface area contributed by atoms with Gasteiger partial charge in [-0.1, -0.05) is 78.6 Å². The van der Waals surface area contributed by atoms with Gasteiger partial charge >= 0.3 is 0 Å². The predicted molar refractivity (Wildman–Crippen MR) is 136 cm³/mol. The summed E-state index contributed by atoms with van der Waals surface area (Å²) >= 11 is 6.78. The number of carbonyl (C=O) groups excluding carboxylic acids is 2. The van der Waals surface area contributed by atoms with Crippen LogP contribution in [0.15, 0.2) is 71.2 Å². The first-order valence-corrected chi connectivity index (χ1v) is 12.1. The average molecular weight is 463 g/mol. The lowest BCUT2D eigenvalue weighted by Crippen LogP contribution is -2.36. The van der Waals surface area contributed by atoms with E-state index in [1.54, 1.807) is 4.90 Å². The number of nitrogens with zero attached hydrogens (tertiary/aromatic N) is 2. The third-order valence-corrected chi connectivity index (χ3v) is 6.99. The third-order valence-electron chi connectivity index (χ3n) is 5.61. The quantitative estimate of drug-likeness (QED) is 0.414. The van der Waals surface area contributed by atoms with Crippen LogP contribution in [0.1, 0.15) is 37.3 Å². The summed E-state index contributed by atoms with van der Waals surface area (Å²) in [6.07, 6.45) is 6.93. The number of fused-ring (bicyclic) bond motifs is 1. The number of thioether (sulfide) groups is 1. The third kappa shape index (κ3) is 5.19. The van der Waals surface area contributed by atoms with Crippen molar-refractivity contribution in [3.63, 3.8) is 0 Å². The molecule has 2 aliphatic rings. The van der Waals surface area contributed by atoms with Crippen LogP contribution in [0.25, 0.3) is 6.08 Å². The van der Waals surface area contributed by atoms with E-state index < -0.39 is 0 Å². The Morgan fingerprint density at radius 1 is 1.12 bits per heavy atom. The van der Waals surface area contributed by atoms with E-state index in [1.807, 2.05) is 72.5 Å². The number of hydrogen-bond donors (Lipinski definition) is 0. The predicted octanol–water partition coefficient (Wildman–Crippen LogP) is 5.59. The van der Waals surface area contributed by atoms with Crippen LogP contribution in [0.4, 0.5) is 5.69 Å². The van der Waals surface area contributed by atoms with Gasteiger partial charge < -0.3 is 4.90 Å². The van der Waals surface area contributed by atoms with E-state index in [1.165, 1.54) is 17.3 Å². The smallest absolute Gasteiger partial charge is 0.266 e. The minimum Gasteiger partial charge on any atom is -0.312 e. The monoisotopic (exact) mass is 462 g/mol. The molecule has 0 radical (unpaired) electrons. The number of rotatable bonds is 6. The van der Waals surface area contributed by atoms with Gasteiger partial charge in [0.15, 0.2) is 0 Å². The van der Waals surface area contributed by atoms with Crippen molar-refractivity contribution in [2.75, 3.05) is 18.0 Å². The van der Waals surface area contributed by atoms with E-state index in [2.05, 4.69) is 6.07 Å². The van der Waals surface area contributed by atoms with Crippen LogP contribution in [0.3, 0.4) is 0 Å². The number of carbonyl (C=O) groups is 2. The van der Waals surface area contributed by atoms with Crippen LogP contribution < -0.4 is 4.90 Å². The van der Waals surface area contributed by atoms with E-state index in [9.17, 15) is 9.59 Å². The SMILES string of the molecule is CC(/C=C1\SC(=S)N(CCCC(=O)N2CCCc3ccccc32)C1=O)=C\c1ccccc1. The molecule has 1 fully saturated rings. The zero-order valence-corrected chi connectivity index (χ0v) is 19.8. The molecular weight excluding hydrogens is 436 g/mol. The van der Waals surface area contributed by atoms with Crippen LogP contribution in [0, 0.1) is 0 Å². The lowest BCUT2D eigenvalue weighted by atomic mass is 10.0. The van der Waals surface area contributed by atoms with Crippen molar-refractivity contribution in [2.45, 2.75) is 32.6 Å². The number of hydrogen-bond acceptors (Lipinski definition) is 4. The maximum Gasteiger partial charge on any atom is 0.266 e. The Bertz CT molecular complexity index is 1090. The van der Waals surface area contributed by atoms with Gasteiger partial charge in [-0.15, -0.1) is 0 Å². The average Bonchev–Trinajstić information content (AvgIpc) is 3.06. The molecule has 164 valence electrons. The number of anilines is 1. The molecule has 0 spiro atoms. The summed E-state index contributed by atoms with van der Waals surface area (Å²) in [6, 6.07) is 18.1. The molecule has 2 aliphatic heterocycles. The maximum atomic E-state index is 12.9. The van der Waals surface area contributed by atoms with E-state index in [0.717, 1.165) is 36.2 Å². The van der Waals surface area contributed by atoms with Crippen molar-refractivity contribution in [2.24, 2.45) is 0 Å². The fraction of sp³-hybridized carbons (Fsp3) is 0.269. The van der Waals surface area contributed by atoms with E-state index in [-0.39, 0.29) is 11.8 Å². The van der Waals surface area contributed by atoms with Gasteiger partial charge in [-0.05, 0) is 55.0 Å². The number of amides is 2. The minimum atomic E-state index is -0.0726. The topological polar surface area (TPSA) is 40.6 Å². The molecule has 0 unspecified atom stereocenters. The number of allylic oxidation sites excluding steroid dienone is 2. The molecule has 4 rings (SSSR count). The zero-order chi connectivity index (χ0) is 22.5. The van der Waals surface area contributed by atoms with E-state index in [0.29, 0.717) is 28.6 Å². The highest BCUT2D eigenvalue weighted by atomic mass is 32.2. The molecule has 2 aromatic rings. The van der Waals surface area contributed by atoms with Gasteiger partial charge in [0.2, 0.25) is 5.91 Å². The summed E-state index contributed by atoms with van der Waals surface area (Å²) in [7, 11) is 0. The van der Waals surface area contributed by atoms with Gasteiger partial charge in [0, 0.05) is 25.2 Å². The van der Waals surface area contributed by atoms with Crippen LogP contribution in [-0.2, 0) is 16.0 Å². The summed E-state index contributed by atoms with van der Waals surface area (Å²) in [5.41, 5.74) is 4.34. The lowest BCUT2D eigenvalue weighted by Gasteiger charge is -2.29. The lowest BCUT2D eigenvalue weighted by molar-refractivity contribution is -0.123. The van der Waals surface area contributed by atoms with Gasteiger partial charge in [-0.2, -0.15) is 0 Å². The highest BCUT2D eigenvalue weighted by Gasteiger charge is 2.32. The second-order valence-electron chi connectivity index (χ2n) is 8.01. The Balaban J connectivity index is 1.34. The van der Waals surface area contributed by atoms with Crippen LogP contribution in [-0.4, -0.2) is 34.1 Å². The molecule has 2 heterocycles. The van der Waals surface area contributed by atoms with Gasteiger partial charge in [-0.25, -0.2) is 0 Å². The van der Waals surface area contributed by atoms with Crippen LogP contribution in [0.5, 0.6) is 0 Å². The molecule has 0 aromatic heterocycles. The van der Waals surface area contributed by atoms with Crippen LogP contribution >= 0.6 is 24.0 Å². The normalized spacial score (nSPS) is 17.8. The highest BCUT2D eigenvalue weighted by Crippen LogP contribution is 2.32.